The minimum atomic E-state index is 0. The molecule has 0 radical (unpaired) electrons. The molecule has 1 aromatic carbocycles. The standard InChI is InChI=1S/C13H17N3.C5H5.2ClH.Ti/c1-3-10-6-5-7-11(4-2)13(10)16-8-12(14)15-9-16;1-2-4-5-3-1;;;/h5-7,9,14H,3-4,8H2,1-2H3;1-3H,4H2;2*1H;. The summed E-state index contributed by atoms with van der Waals surface area (Å²) in [4.78, 5) is 6.11. The molecule has 0 unspecified atom stereocenters. The number of hydrogen-bond donors (Lipinski definition) is 1. The van der Waals surface area contributed by atoms with E-state index in [2.05, 4.69) is 80.6 Å². The molecule has 6 heteroatoms. The van der Waals surface area contributed by atoms with Crippen LogP contribution in [0.3, 0.4) is 0 Å². The molecule has 0 atom stereocenters. The molecule has 0 aromatic heterocycles. The Kier molecular flexibility index (Phi) is 11.2. The molecular weight excluding hydrogens is 377 g/mol. The Morgan fingerprint density at radius 3 is 2.12 bits per heavy atom. The number of nitrogens with zero attached hydrogens (tertiary/aromatic N) is 2. The molecule has 0 spiro atoms. The second kappa shape index (κ2) is 11.6. The van der Waals surface area contributed by atoms with Crippen LogP contribution in [0, 0.1) is 5.41 Å². The average molecular weight is 401 g/mol. The van der Waals surface area contributed by atoms with Gasteiger partial charge in [-0.3, -0.25) is 5.41 Å². The third kappa shape index (κ3) is 6.21. The summed E-state index contributed by atoms with van der Waals surface area (Å²) in [7, 11) is 0. The molecule has 129 valence electrons. The van der Waals surface area contributed by atoms with Gasteiger partial charge in [0.15, 0.2) is 0 Å². The first kappa shape index (κ1) is 23.1. The Morgan fingerprint density at radius 2 is 1.79 bits per heavy atom. The Morgan fingerprint density at radius 1 is 1.17 bits per heavy atom. The zero-order valence-electron chi connectivity index (χ0n) is 14.1. The normalized spacial score (nSPS) is 14.5. The van der Waals surface area contributed by atoms with Gasteiger partial charge in [0.05, 0.1) is 12.9 Å². The molecule has 0 amide bonds. The monoisotopic (exact) mass is 400 g/mol. The summed E-state index contributed by atoms with van der Waals surface area (Å²) in [5.74, 6) is 0.438. The van der Waals surface area contributed by atoms with E-state index in [1.165, 1.54) is 27.1 Å². The topological polar surface area (TPSA) is 39.5 Å². The van der Waals surface area contributed by atoms with E-state index >= 15 is 0 Å². The van der Waals surface area contributed by atoms with Crippen molar-refractivity contribution in [2.24, 2.45) is 4.99 Å². The molecule has 3 nitrogen and oxygen atoms in total. The number of aliphatic imine (C=N–C) groups is 1. The van der Waals surface area contributed by atoms with Crippen LogP contribution in [0.1, 0.15) is 31.4 Å². The molecule has 1 aromatic rings. The molecule has 1 aliphatic carbocycles. The number of anilines is 1. The molecule has 0 bridgehead atoms. The first-order chi connectivity index (χ1) is 10.7. The van der Waals surface area contributed by atoms with Gasteiger partial charge in [-0.1, -0.05) is 32.0 Å². The van der Waals surface area contributed by atoms with Crippen molar-refractivity contribution < 1.29 is 20.4 Å². The molecule has 0 fully saturated rings. The summed E-state index contributed by atoms with van der Waals surface area (Å²) in [5.41, 5.74) is 3.92. The number of allylic oxidation sites excluding steroid dienone is 4. The molecular formula is C18H24Cl2N3Ti. The van der Waals surface area contributed by atoms with Gasteiger partial charge in [-0.25, -0.2) is 4.99 Å². The fourth-order valence-electron chi connectivity index (χ4n) is 2.55. The van der Waals surface area contributed by atoms with Crippen molar-refractivity contribution in [2.45, 2.75) is 33.1 Å². The zero-order valence-corrected chi connectivity index (χ0v) is 17.3. The molecule has 0 saturated heterocycles. The predicted molar refractivity (Wildman–Crippen MR) is 105 cm³/mol. The number of rotatable bonds is 3. The van der Waals surface area contributed by atoms with Crippen LogP contribution in [0.2, 0.25) is 0 Å². The Labute approximate surface area is 169 Å². The minimum absolute atomic E-state index is 0. The predicted octanol–water partition coefficient (Wildman–Crippen LogP) is 4.86. The third-order valence-corrected chi connectivity index (χ3v) is 4.28. The Hall–Kier alpha value is -0.866. The van der Waals surface area contributed by atoms with E-state index in [9.17, 15) is 0 Å². The van der Waals surface area contributed by atoms with Crippen LogP contribution in [0.5, 0.6) is 0 Å². The van der Waals surface area contributed by atoms with Gasteiger partial charge < -0.3 is 4.90 Å². The number of amidine groups is 1. The van der Waals surface area contributed by atoms with Gasteiger partial charge in [-0.15, -0.1) is 24.8 Å². The zero-order chi connectivity index (χ0) is 15.9. The number of benzene rings is 1. The molecule has 0 saturated carbocycles. The molecule has 2 aliphatic rings. The molecule has 1 heterocycles. The van der Waals surface area contributed by atoms with Crippen LogP contribution < -0.4 is 4.90 Å². The van der Waals surface area contributed by atoms with E-state index < -0.39 is 0 Å². The molecule has 24 heavy (non-hydrogen) atoms. The van der Waals surface area contributed by atoms with E-state index in [1.807, 2.05) is 0 Å². The van der Waals surface area contributed by atoms with Crippen molar-refractivity contribution in [1.29, 1.82) is 5.41 Å². The number of para-hydroxylation sites is 1. The van der Waals surface area contributed by atoms with Crippen molar-refractivity contribution in [2.75, 3.05) is 11.4 Å². The van der Waals surface area contributed by atoms with Gasteiger partial charge in [0.1, 0.15) is 5.84 Å². The molecule has 1 N–H and O–H groups in total. The van der Waals surface area contributed by atoms with Gasteiger partial charge >= 0.3 is 49.0 Å². The fraction of sp³-hybridized carbons (Fsp3) is 0.333. The molecule has 1 aliphatic heterocycles. The maximum atomic E-state index is 7.54. The van der Waals surface area contributed by atoms with E-state index in [4.69, 9.17) is 5.41 Å². The van der Waals surface area contributed by atoms with Crippen molar-refractivity contribution >= 4 is 42.7 Å². The Bertz CT molecular complexity index is 617. The van der Waals surface area contributed by atoms with Gasteiger partial charge in [-0.2, -0.15) is 0 Å². The van der Waals surface area contributed by atoms with E-state index in [1.54, 1.807) is 6.34 Å². The van der Waals surface area contributed by atoms with Crippen LogP contribution in [0.15, 0.2) is 45.3 Å². The van der Waals surface area contributed by atoms with Crippen LogP contribution in [0.25, 0.3) is 0 Å². The summed E-state index contributed by atoms with van der Waals surface area (Å²) >= 11 is 2.14. The summed E-state index contributed by atoms with van der Waals surface area (Å²) in [6.45, 7) is 4.93. The van der Waals surface area contributed by atoms with Crippen molar-refractivity contribution in [3.05, 3.63) is 51.4 Å². The third-order valence-electron chi connectivity index (χ3n) is 3.70. The second-order valence-electron chi connectivity index (χ2n) is 5.28. The number of nitrogens with one attached hydrogen (secondary N) is 1. The SMILES string of the molecule is CCc1cccc(CC)c1N1C=NC(=N)C1.Cl.Cl.[Ti][C]1=CC=CC1. The number of hydrogen-bond acceptors (Lipinski definition) is 2. The summed E-state index contributed by atoms with van der Waals surface area (Å²) in [5, 5.41) is 7.54. The van der Waals surface area contributed by atoms with Gasteiger partial charge in [0.2, 0.25) is 0 Å². The van der Waals surface area contributed by atoms with Crippen molar-refractivity contribution in [1.82, 2.24) is 0 Å². The van der Waals surface area contributed by atoms with Crippen LogP contribution in [0.4, 0.5) is 5.69 Å². The van der Waals surface area contributed by atoms with Crippen LogP contribution in [-0.2, 0) is 33.3 Å². The second-order valence-corrected chi connectivity index (χ2v) is 6.28. The Balaban J connectivity index is 0.000000565. The van der Waals surface area contributed by atoms with Gasteiger partial charge in [-0.05, 0) is 24.0 Å². The van der Waals surface area contributed by atoms with E-state index in [0.717, 1.165) is 12.8 Å². The summed E-state index contributed by atoms with van der Waals surface area (Å²) in [6.07, 6.45) is 11.4. The van der Waals surface area contributed by atoms with Crippen LogP contribution >= 0.6 is 24.8 Å². The van der Waals surface area contributed by atoms with Crippen molar-refractivity contribution in [3.63, 3.8) is 0 Å². The first-order valence-electron chi connectivity index (χ1n) is 7.72. The van der Waals surface area contributed by atoms with E-state index in [0.29, 0.717) is 12.4 Å². The quantitative estimate of drug-likeness (QED) is 0.723. The maximum absolute atomic E-state index is 7.54. The number of halogens is 2. The van der Waals surface area contributed by atoms with Gasteiger partial charge in [0, 0.05) is 5.69 Å². The summed E-state index contributed by atoms with van der Waals surface area (Å²) < 4.78 is 1.47. The fourth-order valence-corrected chi connectivity index (χ4v) is 2.88. The number of aryl methyl sites for hydroxylation is 2. The summed E-state index contributed by atoms with van der Waals surface area (Å²) in [6, 6.07) is 6.42. The van der Waals surface area contributed by atoms with Crippen molar-refractivity contribution in [3.8, 4) is 0 Å². The first-order valence-corrected chi connectivity index (χ1v) is 8.50. The van der Waals surface area contributed by atoms with E-state index in [-0.39, 0.29) is 24.8 Å². The van der Waals surface area contributed by atoms with Crippen LogP contribution in [-0.4, -0.2) is 18.7 Å². The van der Waals surface area contributed by atoms with Gasteiger partial charge in [0.25, 0.3) is 0 Å². The average Bonchev–Trinajstić information content (AvgIpc) is 3.18. The molecule has 3 rings (SSSR count).